The minimum atomic E-state index is -0.695. The molecule has 2 N–H and O–H groups in total. The lowest BCUT2D eigenvalue weighted by Crippen LogP contribution is -2.36. The molecule has 0 aliphatic carbocycles. The van der Waals surface area contributed by atoms with Crippen molar-refractivity contribution in [1.29, 1.82) is 0 Å². The van der Waals surface area contributed by atoms with Crippen LogP contribution in [0.25, 0.3) is 0 Å². The molecule has 27 heavy (non-hydrogen) atoms. The number of nitrogens with zero attached hydrogens (tertiary/aromatic N) is 1. The number of hydrogen-bond acceptors (Lipinski definition) is 3. The van der Waals surface area contributed by atoms with Crippen LogP contribution in [-0.2, 0) is 16.1 Å². The molecule has 2 aromatic carbocycles. The van der Waals surface area contributed by atoms with Crippen molar-refractivity contribution in [3.63, 3.8) is 0 Å². The maximum Gasteiger partial charge on any atom is 0.251 e. The summed E-state index contributed by atoms with van der Waals surface area (Å²) < 4.78 is 0.824. The molecule has 3 rings (SSSR count). The largest absolute Gasteiger partial charge is 0.355 e. The molecule has 0 radical (unpaired) electrons. The molecular formula is C20H20BrN3O3. The molecule has 0 unspecified atom stereocenters. The first-order valence-corrected chi connectivity index (χ1v) is 9.45. The highest BCUT2D eigenvalue weighted by Crippen LogP contribution is 2.31. The van der Waals surface area contributed by atoms with E-state index in [0.717, 1.165) is 15.7 Å². The Morgan fingerprint density at radius 2 is 1.96 bits per heavy atom. The SMILES string of the molecule is CNC(=O)c1cccc(CNC(=O)[C@H]2CCN(c3ccccc3Br)C2=O)c1. The van der Waals surface area contributed by atoms with E-state index in [1.54, 1.807) is 30.1 Å². The van der Waals surface area contributed by atoms with Crippen molar-refractivity contribution in [2.45, 2.75) is 13.0 Å². The second kappa shape index (κ2) is 8.35. The molecule has 6 nitrogen and oxygen atoms in total. The molecule has 1 atom stereocenters. The van der Waals surface area contributed by atoms with Gasteiger partial charge in [-0.05, 0) is 52.2 Å². The zero-order valence-corrected chi connectivity index (χ0v) is 16.5. The predicted octanol–water partition coefficient (Wildman–Crippen LogP) is 2.48. The van der Waals surface area contributed by atoms with E-state index in [4.69, 9.17) is 0 Å². The normalized spacial score (nSPS) is 16.3. The van der Waals surface area contributed by atoms with Gasteiger partial charge in [-0.1, -0.05) is 24.3 Å². The fourth-order valence-electron chi connectivity index (χ4n) is 3.11. The predicted molar refractivity (Wildman–Crippen MR) is 106 cm³/mol. The molecule has 0 aromatic heterocycles. The third-order valence-corrected chi connectivity index (χ3v) is 5.22. The van der Waals surface area contributed by atoms with Crippen molar-refractivity contribution in [2.24, 2.45) is 5.92 Å². The monoisotopic (exact) mass is 429 g/mol. The van der Waals surface area contributed by atoms with Gasteiger partial charge in [0.1, 0.15) is 5.92 Å². The van der Waals surface area contributed by atoms with Crippen LogP contribution in [-0.4, -0.2) is 31.3 Å². The van der Waals surface area contributed by atoms with Gasteiger partial charge >= 0.3 is 0 Å². The number of rotatable bonds is 5. The van der Waals surface area contributed by atoms with Gasteiger partial charge in [0.2, 0.25) is 11.8 Å². The van der Waals surface area contributed by atoms with Crippen LogP contribution in [0, 0.1) is 5.92 Å². The third kappa shape index (κ3) is 4.19. The lowest BCUT2D eigenvalue weighted by molar-refractivity contribution is -0.132. The summed E-state index contributed by atoms with van der Waals surface area (Å²) in [6.45, 7) is 0.772. The van der Waals surface area contributed by atoms with Gasteiger partial charge in [0.25, 0.3) is 5.91 Å². The minimum Gasteiger partial charge on any atom is -0.355 e. The van der Waals surface area contributed by atoms with Crippen molar-refractivity contribution in [1.82, 2.24) is 10.6 Å². The molecule has 1 saturated heterocycles. The van der Waals surface area contributed by atoms with Crippen molar-refractivity contribution >= 4 is 39.3 Å². The summed E-state index contributed by atoms with van der Waals surface area (Å²) in [5, 5.41) is 5.38. The lowest BCUT2D eigenvalue weighted by Gasteiger charge is -2.18. The van der Waals surface area contributed by atoms with Gasteiger partial charge in [-0.25, -0.2) is 0 Å². The zero-order valence-electron chi connectivity index (χ0n) is 14.9. The molecule has 7 heteroatoms. The van der Waals surface area contributed by atoms with Crippen LogP contribution in [0.4, 0.5) is 5.69 Å². The Labute approximate surface area is 166 Å². The van der Waals surface area contributed by atoms with Crippen molar-refractivity contribution in [3.05, 3.63) is 64.1 Å². The van der Waals surface area contributed by atoms with Crippen LogP contribution in [0.15, 0.2) is 53.0 Å². The zero-order chi connectivity index (χ0) is 19.4. The van der Waals surface area contributed by atoms with Gasteiger partial charge < -0.3 is 15.5 Å². The Morgan fingerprint density at radius 3 is 2.70 bits per heavy atom. The molecular weight excluding hydrogens is 410 g/mol. The highest BCUT2D eigenvalue weighted by atomic mass is 79.9. The number of para-hydroxylation sites is 1. The Balaban J connectivity index is 1.63. The number of benzene rings is 2. The molecule has 1 heterocycles. The minimum absolute atomic E-state index is 0.182. The maximum atomic E-state index is 12.7. The standard InChI is InChI=1S/C20H20BrN3O3/c1-22-18(25)14-6-4-5-13(11-14)12-23-19(26)15-9-10-24(20(15)27)17-8-3-2-7-16(17)21/h2-8,11,15H,9-10,12H2,1H3,(H,22,25)(H,23,26)/t15-/m1/s1. The number of nitrogens with one attached hydrogen (secondary N) is 2. The molecule has 0 spiro atoms. The molecule has 0 saturated carbocycles. The van der Waals surface area contributed by atoms with Crippen LogP contribution >= 0.6 is 15.9 Å². The highest BCUT2D eigenvalue weighted by molar-refractivity contribution is 9.10. The number of amides is 3. The van der Waals surface area contributed by atoms with Crippen LogP contribution in [0.1, 0.15) is 22.3 Å². The summed E-state index contributed by atoms with van der Waals surface area (Å²) in [7, 11) is 1.57. The second-order valence-electron chi connectivity index (χ2n) is 6.28. The van der Waals surface area contributed by atoms with Crippen molar-refractivity contribution < 1.29 is 14.4 Å². The van der Waals surface area contributed by atoms with Gasteiger partial charge in [-0.3, -0.25) is 14.4 Å². The maximum absolute atomic E-state index is 12.7. The Hall–Kier alpha value is -2.67. The molecule has 2 aromatic rings. The smallest absolute Gasteiger partial charge is 0.251 e. The van der Waals surface area contributed by atoms with Crippen LogP contribution < -0.4 is 15.5 Å². The third-order valence-electron chi connectivity index (χ3n) is 4.55. The molecule has 1 aliphatic rings. The quantitative estimate of drug-likeness (QED) is 0.716. The van der Waals surface area contributed by atoms with Crippen LogP contribution in [0.3, 0.4) is 0 Å². The summed E-state index contributed by atoms with van der Waals surface area (Å²) in [6.07, 6.45) is 0.476. The summed E-state index contributed by atoms with van der Waals surface area (Å²) in [4.78, 5) is 38.5. The number of hydrogen-bond donors (Lipinski definition) is 2. The van der Waals surface area contributed by atoms with Crippen molar-refractivity contribution in [3.8, 4) is 0 Å². The first-order valence-electron chi connectivity index (χ1n) is 8.66. The summed E-state index contributed by atoms with van der Waals surface area (Å²) in [6, 6.07) is 14.5. The average molecular weight is 430 g/mol. The fraction of sp³-hybridized carbons (Fsp3) is 0.250. The number of carbonyl (C=O) groups is 3. The first-order chi connectivity index (χ1) is 13.0. The van der Waals surface area contributed by atoms with Gasteiger partial charge in [0.05, 0.1) is 5.69 Å². The highest BCUT2D eigenvalue weighted by Gasteiger charge is 2.38. The Kier molecular flexibility index (Phi) is 5.91. The Bertz CT molecular complexity index is 884. The van der Waals surface area contributed by atoms with Gasteiger partial charge in [0.15, 0.2) is 0 Å². The van der Waals surface area contributed by atoms with E-state index in [2.05, 4.69) is 26.6 Å². The van der Waals surface area contributed by atoms with E-state index in [9.17, 15) is 14.4 Å². The average Bonchev–Trinajstić information content (AvgIpc) is 3.07. The van der Waals surface area contributed by atoms with E-state index < -0.39 is 5.92 Å². The van der Waals surface area contributed by atoms with Crippen LogP contribution in [0.5, 0.6) is 0 Å². The first kappa shape index (κ1) is 19.1. The second-order valence-corrected chi connectivity index (χ2v) is 7.13. The van der Waals surface area contributed by atoms with E-state index in [1.807, 2.05) is 30.3 Å². The van der Waals surface area contributed by atoms with Crippen molar-refractivity contribution in [2.75, 3.05) is 18.5 Å². The number of anilines is 1. The summed E-state index contributed by atoms with van der Waals surface area (Å²) >= 11 is 3.45. The van der Waals surface area contributed by atoms with Gasteiger partial charge in [-0.2, -0.15) is 0 Å². The summed E-state index contributed by atoms with van der Waals surface area (Å²) in [5.41, 5.74) is 2.11. The topological polar surface area (TPSA) is 78.5 Å². The molecule has 0 bridgehead atoms. The van der Waals surface area contributed by atoms with E-state index in [1.165, 1.54) is 0 Å². The van der Waals surface area contributed by atoms with E-state index in [-0.39, 0.29) is 24.3 Å². The van der Waals surface area contributed by atoms with E-state index in [0.29, 0.717) is 18.5 Å². The van der Waals surface area contributed by atoms with Gasteiger partial charge in [0, 0.05) is 30.2 Å². The summed E-state index contributed by atoms with van der Waals surface area (Å²) in [5.74, 6) is -1.36. The molecule has 140 valence electrons. The van der Waals surface area contributed by atoms with Gasteiger partial charge in [-0.15, -0.1) is 0 Å². The molecule has 1 fully saturated rings. The fourth-order valence-corrected chi connectivity index (χ4v) is 3.61. The molecule has 1 aliphatic heterocycles. The van der Waals surface area contributed by atoms with Crippen LogP contribution in [0.2, 0.25) is 0 Å². The Morgan fingerprint density at radius 1 is 1.19 bits per heavy atom. The lowest BCUT2D eigenvalue weighted by atomic mass is 10.1. The number of carbonyl (C=O) groups excluding carboxylic acids is 3. The number of halogens is 1. The van der Waals surface area contributed by atoms with E-state index >= 15 is 0 Å². The molecule has 3 amide bonds.